The number of thioether (sulfide) groups is 1. The molecule has 0 aliphatic carbocycles. The van der Waals surface area contributed by atoms with Gasteiger partial charge >= 0.3 is 41.8 Å². The Morgan fingerprint density at radius 1 is 0.472 bits per heavy atom. The molecule has 2 fully saturated rings. The molecule has 300 valence electrons. The number of hydrogen-bond acceptors (Lipinski definition) is 20. The van der Waals surface area contributed by atoms with E-state index < -0.39 is 116 Å². The van der Waals surface area contributed by atoms with Crippen molar-refractivity contribution >= 4 is 58.7 Å². The van der Waals surface area contributed by atoms with Crippen molar-refractivity contribution in [1.82, 2.24) is 0 Å². The van der Waals surface area contributed by atoms with Crippen LogP contribution in [0.5, 0.6) is 0 Å². The summed E-state index contributed by atoms with van der Waals surface area (Å²) in [7, 11) is 0. The van der Waals surface area contributed by atoms with E-state index in [-0.39, 0.29) is 11.7 Å². The first-order valence-corrected chi connectivity index (χ1v) is 17.7. The Hall–Kier alpha value is -3.85. The third-order valence-electron chi connectivity index (χ3n) is 7.26. The van der Waals surface area contributed by atoms with E-state index in [0.717, 1.165) is 48.5 Å². The summed E-state index contributed by atoms with van der Waals surface area (Å²) in [4.78, 5) is 96.7. The SMILES string of the molecule is CC(=O)OC[C@H]1O[C@@H](O[C@H]2[C@H](OC(C)=O)[C@@H](OC(C)=O)[C@H](OCCCCCSC(C)=O)O[C@@H]2COC(C)=O)[C@H](OC(C)=O)[C@@H](OC(C)=O)[C@H]1OC(C)=O. The Labute approximate surface area is 310 Å². The highest BCUT2D eigenvalue weighted by Crippen LogP contribution is 2.35. The van der Waals surface area contributed by atoms with Crippen molar-refractivity contribution in [3.05, 3.63) is 0 Å². The first-order chi connectivity index (χ1) is 24.9. The minimum Gasteiger partial charge on any atom is -0.463 e. The van der Waals surface area contributed by atoms with Gasteiger partial charge < -0.3 is 52.1 Å². The summed E-state index contributed by atoms with van der Waals surface area (Å²) >= 11 is 1.19. The van der Waals surface area contributed by atoms with Crippen LogP contribution in [-0.2, 0) is 90.5 Å². The maximum absolute atomic E-state index is 12.5. The average molecular weight is 781 g/mol. The number of carbonyl (C=O) groups excluding carboxylic acids is 8. The third-order valence-corrected chi connectivity index (χ3v) is 8.16. The predicted octanol–water partition coefficient (Wildman–Crippen LogP) is 1.07. The molecule has 0 aromatic rings. The molecule has 20 heteroatoms. The molecule has 53 heavy (non-hydrogen) atoms. The lowest BCUT2D eigenvalue weighted by Gasteiger charge is -2.48. The largest absolute Gasteiger partial charge is 0.463 e. The molecule has 19 nitrogen and oxygen atoms in total. The summed E-state index contributed by atoms with van der Waals surface area (Å²) in [6, 6.07) is 0. The van der Waals surface area contributed by atoms with Gasteiger partial charge in [-0.2, -0.15) is 0 Å². The zero-order chi connectivity index (χ0) is 39.8. The molecule has 2 aliphatic heterocycles. The summed E-state index contributed by atoms with van der Waals surface area (Å²) in [6.07, 6.45) is -13.5. The van der Waals surface area contributed by atoms with E-state index in [1.165, 1.54) is 18.7 Å². The lowest BCUT2D eigenvalue weighted by atomic mass is 9.96. The molecule has 0 radical (unpaired) electrons. The second-order valence-corrected chi connectivity index (χ2v) is 13.2. The van der Waals surface area contributed by atoms with Gasteiger partial charge in [0.1, 0.15) is 31.5 Å². The fourth-order valence-electron chi connectivity index (χ4n) is 5.40. The van der Waals surface area contributed by atoms with Gasteiger partial charge in [-0.05, 0) is 12.8 Å². The molecular formula is C33H48O19S. The summed E-state index contributed by atoms with van der Waals surface area (Å²) < 4.78 is 62.3. The molecule has 2 aliphatic rings. The van der Waals surface area contributed by atoms with Gasteiger partial charge in [0, 0.05) is 67.7 Å². The number of hydrogen-bond donors (Lipinski definition) is 0. The molecule has 0 amide bonds. The smallest absolute Gasteiger partial charge is 0.303 e. The van der Waals surface area contributed by atoms with E-state index in [4.69, 9.17) is 52.1 Å². The van der Waals surface area contributed by atoms with Gasteiger partial charge in [-0.3, -0.25) is 38.4 Å². The van der Waals surface area contributed by atoms with Crippen LogP contribution in [0.25, 0.3) is 0 Å². The highest BCUT2D eigenvalue weighted by atomic mass is 32.2. The second-order valence-electron chi connectivity index (χ2n) is 11.9. The minimum absolute atomic E-state index is 0.00276. The Morgan fingerprint density at radius 2 is 0.887 bits per heavy atom. The van der Waals surface area contributed by atoms with E-state index in [9.17, 15) is 38.4 Å². The van der Waals surface area contributed by atoms with Gasteiger partial charge in [0.2, 0.25) is 0 Å². The van der Waals surface area contributed by atoms with Crippen LogP contribution in [0.4, 0.5) is 0 Å². The minimum atomic E-state index is -1.79. The average Bonchev–Trinajstić information content (AvgIpc) is 3.02. The lowest BCUT2D eigenvalue weighted by molar-refractivity contribution is -0.361. The van der Waals surface area contributed by atoms with Gasteiger partial charge in [-0.1, -0.05) is 18.2 Å². The Kier molecular flexibility index (Phi) is 19.1. The van der Waals surface area contributed by atoms with Crippen molar-refractivity contribution in [3.63, 3.8) is 0 Å². The highest BCUT2D eigenvalue weighted by molar-refractivity contribution is 8.13. The lowest BCUT2D eigenvalue weighted by Crippen LogP contribution is -2.67. The van der Waals surface area contributed by atoms with E-state index >= 15 is 0 Å². The molecule has 2 saturated heterocycles. The highest BCUT2D eigenvalue weighted by Gasteiger charge is 2.57. The normalized spacial score (nSPS) is 28.1. The van der Waals surface area contributed by atoms with Crippen LogP contribution in [0.1, 0.15) is 74.7 Å². The first kappa shape index (κ1) is 45.3. The van der Waals surface area contributed by atoms with Crippen molar-refractivity contribution in [2.45, 2.75) is 136 Å². The topological polar surface area (TPSA) is 238 Å². The van der Waals surface area contributed by atoms with Gasteiger partial charge in [-0.25, -0.2) is 0 Å². The number of unbranched alkanes of at least 4 members (excludes halogenated alkanes) is 2. The van der Waals surface area contributed by atoms with Crippen LogP contribution < -0.4 is 0 Å². The zero-order valence-corrected chi connectivity index (χ0v) is 31.7. The van der Waals surface area contributed by atoms with E-state index in [1.54, 1.807) is 0 Å². The molecule has 0 spiro atoms. The standard InChI is InChI=1S/C33H48O19S/c1-16(34)43-14-24-26(45-18(3)36)28(46-19(4)37)31(49-22(7)40)33(51-24)52-27-25(15-44-17(2)35)50-32(42-12-10-9-11-13-53-23(8)41)30(48-21(6)39)29(27)47-20(5)38/h24-33H,9-15H2,1-8H3/t24-,25-,26+,27-,28+,29+,30-,31-,32-,33+/m1/s1. The van der Waals surface area contributed by atoms with Gasteiger partial charge in [0.25, 0.3) is 0 Å². The molecule has 0 unspecified atom stereocenters. The van der Waals surface area contributed by atoms with Crippen LogP contribution >= 0.6 is 11.8 Å². The Balaban J connectivity index is 2.60. The molecule has 2 heterocycles. The van der Waals surface area contributed by atoms with Crippen LogP contribution in [0.3, 0.4) is 0 Å². The van der Waals surface area contributed by atoms with Crippen LogP contribution in [0.2, 0.25) is 0 Å². The summed E-state index contributed by atoms with van der Waals surface area (Å²) in [5, 5.41) is -0.00276. The maximum Gasteiger partial charge on any atom is 0.303 e. The monoisotopic (exact) mass is 780 g/mol. The third kappa shape index (κ3) is 16.0. The quantitative estimate of drug-likeness (QED) is 0.107. The molecule has 0 saturated carbocycles. The van der Waals surface area contributed by atoms with Crippen LogP contribution in [0, 0.1) is 0 Å². The number of carbonyl (C=O) groups is 8. The van der Waals surface area contributed by atoms with Gasteiger partial charge in [0.15, 0.2) is 48.2 Å². The van der Waals surface area contributed by atoms with E-state index in [1.807, 2.05) is 0 Å². The van der Waals surface area contributed by atoms with Crippen molar-refractivity contribution in [2.24, 2.45) is 0 Å². The fourth-order valence-corrected chi connectivity index (χ4v) is 6.04. The van der Waals surface area contributed by atoms with Crippen LogP contribution in [-0.4, -0.2) is 134 Å². The molecule has 2 rings (SSSR count). The molecule has 0 aromatic carbocycles. The second kappa shape index (κ2) is 22.4. The zero-order valence-electron chi connectivity index (χ0n) is 30.9. The van der Waals surface area contributed by atoms with Gasteiger partial charge in [0.05, 0.1) is 0 Å². The maximum atomic E-state index is 12.5. The van der Waals surface area contributed by atoms with Crippen molar-refractivity contribution in [1.29, 1.82) is 0 Å². The molecule has 10 atom stereocenters. The molecular weight excluding hydrogens is 732 g/mol. The number of ether oxygens (including phenoxy) is 11. The van der Waals surface area contributed by atoms with E-state index in [0.29, 0.717) is 25.0 Å². The Bertz CT molecular complexity index is 1300. The Morgan fingerprint density at radius 3 is 1.36 bits per heavy atom. The number of rotatable bonds is 18. The van der Waals surface area contributed by atoms with Crippen molar-refractivity contribution in [2.75, 3.05) is 25.6 Å². The summed E-state index contributed by atoms with van der Waals surface area (Å²) in [5.41, 5.74) is 0. The molecule has 0 N–H and O–H groups in total. The number of esters is 7. The van der Waals surface area contributed by atoms with Crippen LogP contribution in [0.15, 0.2) is 0 Å². The molecule has 0 aromatic heterocycles. The fraction of sp³-hybridized carbons (Fsp3) is 0.758. The summed E-state index contributed by atoms with van der Waals surface area (Å²) in [5.74, 6) is -5.21. The molecule has 0 bridgehead atoms. The predicted molar refractivity (Wildman–Crippen MR) is 176 cm³/mol. The summed E-state index contributed by atoms with van der Waals surface area (Å²) in [6.45, 7) is 7.97. The van der Waals surface area contributed by atoms with E-state index in [2.05, 4.69) is 0 Å². The van der Waals surface area contributed by atoms with Crippen molar-refractivity contribution < 1.29 is 90.5 Å². The first-order valence-electron chi connectivity index (χ1n) is 16.7. The van der Waals surface area contributed by atoms with Gasteiger partial charge in [-0.15, -0.1) is 0 Å². The van der Waals surface area contributed by atoms with Crippen molar-refractivity contribution in [3.8, 4) is 0 Å².